The molecule has 1 heterocycles. The Bertz CT molecular complexity index is 1760. The number of ether oxygens (including phenoxy) is 1. The number of benzene rings is 4. The molecule has 4 aromatic carbocycles. The van der Waals surface area contributed by atoms with Crippen LogP contribution in [0.2, 0.25) is 0 Å². The molecule has 0 atom stereocenters. The molecule has 10 heteroatoms. The Labute approximate surface area is 202 Å². The summed E-state index contributed by atoms with van der Waals surface area (Å²) in [6.45, 7) is 1.43. The number of rotatable bonds is 4. The van der Waals surface area contributed by atoms with Gasteiger partial charge in [0, 0.05) is 10.8 Å². The average Bonchev–Trinajstić information content (AvgIpc) is 3.20. The molecule has 5 aromatic rings. The van der Waals surface area contributed by atoms with Crippen molar-refractivity contribution in [3.63, 3.8) is 0 Å². The third-order valence-corrected chi connectivity index (χ3v) is 7.92. The lowest BCUT2D eigenvalue weighted by Crippen LogP contribution is -2.39. The number of fused-ring (bicyclic) bond motifs is 3. The Hall–Kier alpha value is -4.02. The maximum absolute atomic E-state index is 13.9. The van der Waals surface area contributed by atoms with E-state index in [0.29, 0.717) is 19.8 Å². The predicted octanol–water partition coefficient (Wildman–Crippen LogP) is 5.85. The van der Waals surface area contributed by atoms with E-state index in [9.17, 15) is 22.4 Å². The molecule has 0 radical (unpaired) electrons. The van der Waals surface area contributed by atoms with Crippen LogP contribution in [0.4, 0.5) is 14.9 Å². The zero-order valence-electron chi connectivity index (χ0n) is 18.1. The topological polar surface area (TPSA) is 93.9 Å². The second-order valence-electron chi connectivity index (χ2n) is 7.58. The van der Waals surface area contributed by atoms with Crippen LogP contribution in [0, 0.1) is 12.7 Å². The Kier molecular flexibility index (Phi) is 5.62. The number of anilines is 1. The molecule has 0 aliphatic rings. The predicted molar refractivity (Wildman–Crippen MR) is 131 cm³/mol. The monoisotopic (exact) mass is 509 g/mol. The summed E-state index contributed by atoms with van der Waals surface area (Å²) >= 11 is 0.780. The molecule has 5 rings (SSSR count). The number of nitrogens with zero attached hydrogens (tertiary/aromatic N) is 1. The van der Waals surface area contributed by atoms with Crippen molar-refractivity contribution in [3.8, 4) is 5.75 Å². The Morgan fingerprint density at radius 1 is 0.971 bits per heavy atom. The first-order chi connectivity index (χ1) is 16.8. The number of halogens is 1. The number of carbonyl (C=O) groups is 1. The number of hydrogen-bond donors (Lipinski definition) is 0. The van der Waals surface area contributed by atoms with Gasteiger partial charge in [0.1, 0.15) is 11.6 Å². The van der Waals surface area contributed by atoms with Crippen molar-refractivity contribution in [3.05, 3.63) is 100.0 Å². The smallest absolute Gasteiger partial charge is 0.413 e. The molecule has 0 fully saturated rings. The van der Waals surface area contributed by atoms with Crippen LogP contribution in [0.1, 0.15) is 5.56 Å². The third-order valence-electron chi connectivity index (χ3n) is 5.31. The maximum atomic E-state index is 13.9. The zero-order valence-corrected chi connectivity index (χ0v) is 19.7. The van der Waals surface area contributed by atoms with Gasteiger partial charge >= 0.3 is 11.0 Å². The lowest BCUT2D eigenvalue weighted by molar-refractivity contribution is 0.211. The van der Waals surface area contributed by atoms with Crippen LogP contribution in [0.25, 0.3) is 21.1 Å². The van der Waals surface area contributed by atoms with Gasteiger partial charge in [0.2, 0.25) is 0 Å². The van der Waals surface area contributed by atoms with Crippen LogP contribution in [-0.2, 0) is 10.0 Å². The van der Waals surface area contributed by atoms with Crippen molar-refractivity contribution in [2.75, 3.05) is 4.31 Å². The van der Waals surface area contributed by atoms with Gasteiger partial charge in [-0.3, -0.25) is 0 Å². The largest absolute Gasteiger partial charge is 0.434 e. The summed E-state index contributed by atoms with van der Waals surface area (Å²) in [5.74, 6) is -0.484. The maximum Gasteiger partial charge on any atom is 0.434 e. The minimum absolute atomic E-state index is 0.0326. The minimum atomic E-state index is -4.59. The second kappa shape index (κ2) is 8.64. The Morgan fingerprint density at radius 2 is 1.66 bits per heavy atom. The minimum Gasteiger partial charge on any atom is -0.413 e. The molecule has 0 aliphatic carbocycles. The van der Waals surface area contributed by atoms with Gasteiger partial charge in [-0.25, -0.2) is 22.4 Å². The van der Waals surface area contributed by atoms with E-state index in [1.165, 1.54) is 25.1 Å². The molecular formula is C25H16FNO6S2. The summed E-state index contributed by atoms with van der Waals surface area (Å²) in [5.41, 5.74) is 0.363. The van der Waals surface area contributed by atoms with E-state index in [-0.39, 0.29) is 27.5 Å². The van der Waals surface area contributed by atoms with Gasteiger partial charge in [0.25, 0.3) is 10.0 Å². The molecule has 0 unspecified atom stereocenters. The van der Waals surface area contributed by atoms with Crippen LogP contribution < -0.4 is 14.0 Å². The summed E-state index contributed by atoms with van der Waals surface area (Å²) in [5, 5.41) is 0.789. The van der Waals surface area contributed by atoms with Crippen LogP contribution in [0.5, 0.6) is 5.75 Å². The summed E-state index contributed by atoms with van der Waals surface area (Å²) in [7, 11) is -4.59. The van der Waals surface area contributed by atoms with Gasteiger partial charge in [0.05, 0.1) is 15.3 Å². The fourth-order valence-electron chi connectivity index (χ4n) is 3.81. The molecule has 35 heavy (non-hydrogen) atoms. The first-order valence-corrected chi connectivity index (χ1v) is 12.5. The average molecular weight is 510 g/mol. The van der Waals surface area contributed by atoms with Crippen LogP contribution in [-0.4, -0.2) is 14.5 Å². The molecule has 7 nitrogen and oxygen atoms in total. The van der Waals surface area contributed by atoms with E-state index >= 15 is 0 Å². The van der Waals surface area contributed by atoms with Crippen molar-refractivity contribution in [1.82, 2.24) is 0 Å². The molecule has 0 N–H and O–H groups in total. The summed E-state index contributed by atoms with van der Waals surface area (Å²) in [6, 6.07) is 19.2. The van der Waals surface area contributed by atoms with Crippen molar-refractivity contribution < 1.29 is 26.8 Å². The van der Waals surface area contributed by atoms with E-state index < -0.39 is 26.9 Å². The molecule has 176 valence electrons. The normalized spacial score (nSPS) is 11.6. The molecule has 0 saturated carbocycles. The highest BCUT2D eigenvalue weighted by molar-refractivity contribution is 7.93. The fraction of sp³-hybridized carbons (Fsp3) is 0.0400. The van der Waals surface area contributed by atoms with Crippen LogP contribution >= 0.6 is 11.3 Å². The molecule has 0 saturated heterocycles. The van der Waals surface area contributed by atoms with E-state index in [1.807, 2.05) is 0 Å². The number of aryl methyl sites for hydroxylation is 1. The summed E-state index contributed by atoms with van der Waals surface area (Å²) in [4.78, 5) is 24.6. The van der Waals surface area contributed by atoms with Crippen molar-refractivity contribution in [2.45, 2.75) is 11.8 Å². The third kappa shape index (κ3) is 4.07. The molecular weight excluding hydrogens is 493 g/mol. The molecule has 0 bridgehead atoms. The number of amides is 1. The van der Waals surface area contributed by atoms with E-state index in [4.69, 9.17) is 9.15 Å². The van der Waals surface area contributed by atoms with Gasteiger partial charge in [-0.05, 0) is 48.9 Å². The van der Waals surface area contributed by atoms with E-state index in [2.05, 4.69) is 0 Å². The quantitative estimate of drug-likeness (QED) is 0.302. The summed E-state index contributed by atoms with van der Waals surface area (Å²) < 4.78 is 53.2. The highest BCUT2D eigenvalue weighted by Gasteiger charge is 2.36. The van der Waals surface area contributed by atoms with Gasteiger partial charge < -0.3 is 9.15 Å². The zero-order chi connectivity index (χ0) is 24.7. The number of carbonyl (C=O) groups excluding carboxylic acids is 1. The van der Waals surface area contributed by atoms with Crippen molar-refractivity contribution in [2.24, 2.45) is 0 Å². The Morgan fingerprint density at radius 3 is 2.37 bits per heavy atom. The SMILES string of the molecule is Cc1cc(F)ccc1S(=O)(=O)N(C(=O)Oc1ccccc1)c1cc2sc(=O)oc2c2ccccc12. The summed E-state index contributed by atoms with van der Waals surface area (Å²) in [6.07, 6.45) is -1.19. The van der Waals surface area contributed by atoms with Gasteiger partial charge in [-0.15, -0.1) is 0 Å². The molecule has 1 aromatic heterocycles. The van der Waals surface area contributed by atoms with Gasteiger partial charge in [0.15, 0.2) is 5.58 Å². The van der Waals surface area contributed by atoms with Gasteiger partial charge in [-0.2, -0.15) is 4.31 Å². The van der Waals surface area contributed by atoms with Crippen molar-refractivity contribution in [1.29, 1.82) is 0 Å². The lowest BCUT2D eigenvalue weighted by atomic mass is 10.1. The van der Waals surface area contributed by atoms with Crippen LogP contribution in [0.3, 0.4) is 0 Å². The highest BCUT2D eigenvalue weighted by Crippen LogP contribution is 2.38. The first-order valence-electron chi connectivity index (χ1n) is 10.3. The number of sulfonamides is 1. The highest BCUT2D eigenvalue weighted by atomic mass is 32.2. The molecule has 1 amide bonds. The van der Waals surface area contributed by atoms with Gasteiger partial charge in [-0.1, -0.05) is 53.8 Å². The molecule has 0 spiro atoms. The van der Waals surface area contributed by atoms with Crippen molar-refractivity contribution >= 4 is 54.2 Å². The Balaban J connectivity index is 1.79. The van der Waals surface area contributed by atoms with Crippen LogP contribution in [0.15, 0.2) is 93.0 Å². The number of para-hydroxylation sites is 1. The standard InChI is InChI=1S/C25H16FNO6S2/c1-15-13-16(26)11-12-22(15)35(30,31)27(24(28)32-17-7-3-2-4-8-17)20-14-21-23(33-25(29)34-21)19-10-6-5-9-18(19)20/h2-14H,1H3. The second-order valence-corrected chi connectivity index (χ2v) is 10.3. The lowest BCUT2D eigenvalue weighted by Gasteiger charge is -2.24. The van der Waals surface area contributed by atoms with E-state index in [0.717, 1.165) is 29.5 Å². The number of hydrogen-bond acceptors (Lipinski definition) is 7. The first kappa shape index (κ1) is 22.8. The molecule has 0 aliphatic heterocycles. The fourth-order valence-corrected chi connectivity index (χ4v) is 6.07. The van der Waals surface area contributed by atoms with E-state index in [1.54, 1.807) is 42.5 Å².